The van der Waals surface area contributed by atoms with Crippen LogP contribution in [-0.2, 0) is 16.6 Å². The summed E-state index contributed by atoms with van der Waals surface area (Å²) in [5.74, 6) is 1.97. The third-order valence-electron chi connectivity index (χ3n) is 8.01. The quantitative estimate of drug-likeness (QED) is 0.818. The molecule has 4 atom stereocenters. The van der Waals surface area contributed by atoms with Crippen molar-refractivity contribution < 1.29 is 14.3 Å². The van der Waals surface area contributed by atoms with Crippen molar-refractivity contribution in [2.24, 2.45) is 23.5 Å². The number of benzene rings is 1. The van der Waals surface area contributed by atoms with Crippen LogP contribution >= 0.6 is 0 Å². The maximum atomic E-state index is 12.6. The summed E-state index contributed by atoms with van der Waals surface area (Å²) in [6.07, 6.45) is 7.57. The van der Waals surface area contributed by atoms with Gasteiger partial charge in [0, 0.05) is 23.9 Å². The summed E-state index contributed by atoms with van der Waals surface area (Å²) in [6, 6.07) is 6.32. The zero-order valence-corrected chi connectivity index (χ0v) is 17.2. The highest BCUT2D eigenvalue weighted by atomic mass is 16.5. The Morgan fingerprint density at radius 2 is 2.10 bits per heavy atom. The van der Waals surface area contributed by atoms with Crippen LogP contribution in [-0.4, -0.2) is 43.1 Å². The first kappa shape index (κ1) is 18.9. The first-order valence-electron chi connectivity index (χ1n) is 11.0. The molecule has 3 aliphatic carbocycles. The van der Waals surface area contributed by atoms with Gasteiger partial charge in [-0.15, -0.1) is 0 Å². The number of imide groups is 1. The number of likely N-dealkylation sites (tertiary alicyclic amines) is 1. The number of amides is 3. The van der Waals surface area contributed by atoms with Crippen molar-refractivity contribution in [2.75, 3.05) is 20.2 Å². The molecule has 0 spiro atoms. The summed E-state index contributed by atoms with van der Waals surface area (Å²) < 4.78 is 5.55. The van der Waals surface area contributed by atoms with Gasteiger partial charge in [-0.25, -0.2) is 4.79 Å². The molecule has 1 aromatic carbocycles. The van der Waals surface area contributed by atoms with E-state index in [1.54, 1.807) is 7.11 Å². The molecular formula is C23H31N3O3. The molecule has 3 fully saturated rings. The van der Waals surface area contributed by atoms with E-state index < -0.39 is 6.03 Å². The SMILES string of the molecule is COc1ccc2c(c1)C13CCN(CC4CC4)C(C2)C1CCC(C(=O)NC(N)=O)C3. The molecule has 5 rings (SSSR count). The molecule has 156 valence electrons. The normalized spacial score (nSPS) is 33.3. The number of carbonyl (C=O) groups is 2. The van der Waals surface area contributed by atoms with Gasteiger partial charge < -0.3 is 10.5 Å². The van der Waals surface area contributed by atoms with Crippen molar-refractivity contribution in [2.45, 2.75) is 56.4 Å². The van der Waals surface area contributed by atoms with Crippen molar-refractivity contribution in [3.63, 3.8) is 0 Å². The van der Waals surface area contributed by atoms with Crippen LogP contribution in [0.1, 0.15) is 49.7 Å². The maximum Gasteiger partial charge on any atom is 0.318 e. The zero-order valence-electron chi connectivity index (χ0n) is 17.2. The van der Waals surface area contributed by atoms with Gasteiger partial charge in [0.05, 0.1) is 7.11 Å². The van der Waals surface area contributed by atoms with Crippen LogP contribution < -0.4 is 15.8 Å². The van der Waals surface area contributed by atoms with Crippen LogP contribution in [0.25, 0.3) is 0 Å². The Kier molecular flexibility index (Phi) is 4.57. The molecule has 1 saturated heterocycles. The van der Waals surface area contributed by atoms with Gasteiger partial charge in [-0.1, -0.05) is 6.07 Å². The molecule has 4 aliphatic rings. The Hall–Kier alpha value is -2.08. The lowest BCUT2D eigenvalue weighted by Crippen LogP contribution is -2.62. The van der Waals surface area contributed by atoms with Gasteiger partial charge in [-0.3, -0.25) is 15.0 Å². The summed E-state index contributed by atoms with van der Waals surface area (Å²) >= 11 is 0. The number of piperidine rings is 1. The van der Waals surface area contributed by atoms with Gasteiger partial charge in [-0.05, 0) is 86.6 Å². The van der Waals surface area contributed by atoms with E-state index in [9.17, 15) is 9.59 Å². The van der Waals surface area contributed by atoms with E-state index in [-0.39, 0.29) is 17.2 Å². The second-order valence-corrected chi connectivity index (χ2v) is 9.58. The lowest BCUT2D eigenvalue weighted by Gasteiger charge is -2.60. The van der Waals surface area contributed by atoms with Crippen LogP contribution in [0, 0.1) is 17.8 Å². The van der Waals surface area contributed by atoms with Crippen molar-refractivity contribution >= 4 is 11.9 Å². The predicted molar refractivity (Wildman–Crippen MR) is 110 cm³/mol. The van der Waals surface area contributed by atoms with Gasteiger partial charge in [0.15, 0.2) is 0 Å². The smallest absolute Gasteiger partial charge is 0.318 e. The number of ether oxygens (including phenoxy) is 1. The molecule has 2 bridgehead atoms. The number of hydrogen-bond donors (Lipinski definition) is 2. The van der Waals surface area contributed by atoms with E-state index in [0.29, 0.717) is 12.0 Å². The summed E-state index contributed by atoms with van der Waals surface area (Å²) in [6.45, 7) is 2.33. The maximum absolute atomic E-state index is 12.6. The van der Waals surface area contributed by atoms with Crippen LogP contribution in [0.3, 0.4) is 0 Å². The summed E-state index contributed by atoms with van der Waals surface area (Å²) in [5.41, 5.74) is 7.99. The van der Waals surface area contributed by atoms with E-state index >= 15 is 0 Å². The number of rotatable bonds is 4. The number of fused-ring (bicyclic) bond motifs is 1. The number of primary amides is 1. The van der Waals surface area contributed by atoms with Crippen molar-refractivity contribution in [3.05, 3.63) is 29.3 Å². The Morgan fingerprint density at radius 1 is 1.28 bits per heavy atom. The van der Waals surface area contributed by atoms with Gasteiger partial charge in [0.25, 0.3) is 0 Å². The highest BCUT2D eigenvalue weighted by Gasteiger charge is 2.56. The Balaban J connectivity index is 1.52. The predicted octanol–water partition coefficient (Wildman–Crippen LogP) is 2.58. The molecule has 1 aromatic rings. The molecule has 2 saturated carbocycles. The van der Waals surface area contributed by atoms with Crippen molar-refractivity contribution in [3.8, 4) is 5.75 Å². The molecule has 6 heteroatoms. The number of methoxy groups -OCH3 is 1. The highest BCUT2D eigenvalue weighted by molar-refractivity contribution is 5.94. The molecule has 4 unspecified atom stereocenters. The summed E-state index contributed by atoms with van der Waals surface area (Å²) in [4.78, 5) is 26.6. The summed E-state index contributed by atoms with van der Waals surface area (Å²) in [7, 11) is 1.71. The van der Waals surface area contributed by atoms with Crippen molar-refractivity contribution in [1.82, 2.24) is 10.2 Å². The minimum Gasteiger partial charge on any atom is -0.497 e. The number of urea groups is 1. The third-order valence-corrected chi connectivity index (χ3v) is 8.01. The van der Waals surface area contributed by atoms with Gasteiger partial charge in [0.2, 0.25) is 5.91 Å². The van der Waals surface area contributed by atoms with Crippen LogP contribution in [0.15, 0.2) is 18.2 Å². The minimum absolute atomic E-state index is 0.00918. The Morgan fingerprint density at radius 3 is 2.83 bits per heavy atom. The molecule has 1 aliphatic heterocycles. The monoisotopic (exact) mass is 397 g/mol. The lowest BCUT2D eigenvalue weighted by molar-refractivity contribution is -0.128. The number of hydrogen-bond acceptors (Lipinski definition) is 4. The van der Waals surface area contributed by atoms with Gasteiger partial charge in [0.1, 0.15) is 5.75 Å². The third kappa shape index (κ3) is 3.21. The lowest BCUT2D eigenvalue weighted by atomic mass is 9.50. The number of nitrogens with two attached hydrogens (primary N) is 1. The highest BCUT2D eigenvalue weighted by Crippen LogP contribution is 2.57. The molecule has 3 amide bonds. The van der Waals surface area contributed by atoms with Crippen LogP contribution in [0.5, 0.6) is 5.75 Å². The Bertz CT molecular complexity index is 837. The fourth-order valence-corrected chi connectivity index (χ4v) is 6.53. The summed E-state index contributed by atoms with van der Waals surface area (Å²) in [5, 5.41) is 2.33. The number of carbonyl (C=O) groups excluding carboxylic acids is 2. The second kappa shape index (κ2) is 7.01. The molecule has 6 nitrogen and oxygen atoms in total. The molecular weight excluding hydrogens is 366 g/mol. The van der Waals surface area contributed by atoms with E-state index in [4.69, 9.17) is 10.5 Å². The minimum atomic E-state index is -0.752. The second-order valence-electron chi connectivity index (χ2n) is 9.58. The van der Waals surface area contributed by atoms with E-state index in [1.165, 1.54) is 30.5 Å². The first-order chi connectivity index (χ1) is 14.0. The van der Waals surface area contributed by atoms with Crippen LogP contribution in [0.2, 0.25) is 0 Å². The fourth-order valence-electron chi connectivity index (χ4n) is 6.53. The van der Waals surface area contributed by atoms with E-state index in [2.05, 4.69) is 28.4 Å². The van der Waals surface area contributed by atoms with E-state index in [1.807, 2.05) is 0 Å². The van der Waals surface area contributed by atoms with E-state index in [0.717, 1.165) is 50.3 Å². The zero-order chi connectivity index (χ0) is 20.2. The van der Waals surface area contributed by atoms with Gasteiger partial charge >= 0.3 is 6.03 Å². The fraction of sp³-hybridized carbons (Fsp3) is 0.652. The molecule has 29 heavy (non-hydrogen) atoms. The average Bonchev–Trinajstić information content (AvgIpc) is 3.53. The average molecular weight is 398 g/mol. The number of nitrogens with zero attached hydrogens (tertiary/aromatic N) is 1. The topological polar surface area (TPSA) is 84.7 Å². The molecule has 1 heterocycles. The standard InChI is InChI=1S/C23H31N3O3/c1-29-17-6-4-15-10-20-18-7-5-16(21(27)25-22(24)28)12-23(18,19(15)11-17)8-9-26(20)13-14-2-3-14/h4,6,11,14,16,18,20H,2-3,5,7-10,12-13H2,1H3,(H3,24,25,27,28). The molecule has 3 N–H and O–H groups in total. The molecule has 0 radical (unpaired) electrons. The number of nitrogens with one attached hydrogen (secondary N) is 1. The molecule has 0 aromatic heterocycles. The van der Waals surface area contributed by atoms with Crippen molar-refractivity contribution in [1.29, 1.82) is 0 Å². The van der Waals surface area contributed by atoms with Crippen LogP contribution in [0.4, 0.5) is 4.79 Å². The largest absolute Gasteiger partial charge is 0.497 e. The van der Waals surface area contributed by atoms with Gasteiger partial charge in [-0.2, -0.15) is 0 Å². The first-order valence-corrected chi connectivity index (χ1v) is 11.0. The Labute approximate surface area is 172 Å².